The molecule has 0 atom stereocenters. The van der Waals surface area contributed by atoms with Gasteiger partial charge < -0.3 is 4.90 Å². The smallest absolute Gasteiger partial charge is 0.228 e. The normalized spacial score (nSPS) is 13.6. The first-order valence-corrected chi connectivity index (χ1v) is 8.87. The topological polar surface area (TPSA) is 46.1 Å². The molecule has 1 aliphatic heterocycles. The van der Waals surface area contributed by atoms with Gasteiger partial charge in [-0.05, 0) is 29.7 Å². The molecule has 0 fully saturated rings. The number of hydrogen-bond donors (Lipinski definition) is 0. The molecule has 0 bridgehead atoms. The van der Waals surface area contributed by atoms with Crippen LogP contribution in [0, 0.1) is 0 Å². The Hall–Kier alpha value is -2.53. The minimum atomic E-state index is 0.146. The zero-order valence-corrected chi connectivity index (χ0v) is 14.0. The first kappa shape index (κ1) is 15.0. The van der Waals surface area contributed by atoms with Gasteiger partial charge in [-0.15, -0.1) is 11.3 Å². The fourth-order valence-electron chi connectivity index (χ4n) is 2.99. The molecule has 0 unspecified atom stereocenters. The number of hydrogen-bond acceptors (Lipinski definition) is 4. The van der Waals surface area contributed by atoms with Gasteiger partial charge in [-0.1, -0.05) is 24.3 Å². The van der Waals surface area contributed by atoms with E-state index in [1.54, 1.807) is 23.7 Å². The lowest BCUT2D eigenvalue weighted by atomic mass is 10.00. The molecule has 3 heterocycles. The molecule has 4 nitrogen and oxygen atoms in total. The van der Waals surface area contributed by atoms with E-state index in [2.05, 4.69) is 28.2 Å². The van der Waals surface area contributed by atoms with Gasteiger partial charge >= 0.3 is 0 Å². The molecule has 1 aromatic carbocycles. The number of carbonyl (C=O) groups excluding carboxylic acids is 1. The third-order valence-corrected chi connectivity index (χ3v) is 5.22. The van der Waals surface area contributed by atoms with Gasteiger partial charge in [-0.25, -0.2) is 4.98 Å². The van der Waals surface area contributed by atoms with Crippen LogP contribution in [-0.4, -0.2) is 27.3 Å². The number of amides is 1. The average Bonchev–Trinajstić information content (AvgIpc) is 3.10. The second-order valence-corrected chi connectivity index (χ2v) is 6.75. The van der Waals surface area contributed by atoms with Gasteiger partial charge in [0.1, 0.15) is 5.01 Å². The molecule has 0 N–H and O–H groups in total. The third kappa shape index (κ3) is 3.08. The summed E-state index contributed by atoms with van der Waals surface area (Å²) in [5, 5.41) is 2.88. The molecule has 0 radical (unpaired) electrons. The van der Waals surface area contributed by atoms with E-state index in [0.717, 1.165) is 29.2 Å². The van der Waals surface area contributed by atoms with E-state index in [1.807, 2.05) is 28.5 Å². The van der Waals surface area contributed by atoms with E-state index >= 15 is 0 Å². The fourth-order valence-corrected chi connectivity index (χ4v) is 3.80. The Labute approximate surface area is 144 Å². The predicted molar refractivity (Wildman–Crippen MR) is 94.6 cm³/mol. The summed E-state index contributed by atoms with van der Waals surface area (Å²) in [5.41, 5.74) is 4.44. The SMILES string of the molecule is O=C(Cc1csc(-c2cccnc2)n1)N1CCc2ccccc2C1. The molecule has 1 aliphatic rings. The molecule has 0 saturated carbocycles. The summed E-state index contributed by atoms with van der Waals surface area (Å²) in [5.74, 6) is 0.146. The zero-order chi connectivity index (χ0) is 16.4. The number of rotatable bonds is 3. The Morgan fingerprint density at radius 2 is 2.04 bits per heavy atom. The van der Waals surface area contributed by atoms with Crippen LogP contribution < -0.4 is 0 Å². The first-order chi connectivity index (χ1) is 11.8. The lowest BCUT2D eigenvalue weighted by Crippen LogP contribution is -2.36. The van der Waals surface area contributed by atoms with Crippen LogP contribution in [0.5, 0.6) is 0 Å². The van der Waals surface area contributed by atoms with Crippen LogP contribution in [0.15, 0.2) is 54.2 Å². The lowest BCUT2D eigenvalue weighted by Gasteiger charge is -2.28. The Bertz CT molecular complexity index is 860. The number of aromatic nitrogens is 2. The van der Waals surface area contributed by atoms with E-state index in [-0.39, 0.29) is 5.91 Å². The minimum Gasteiger partial charge on any atom is -0.338 e. The number of nitrogens with zero attached hydrogens (tertiary/aromatic N) is 3. The number of carbonyl (C=O) groups is 1. The fraction of sp³-hybridized carbons (Fsp3) is 0.211. The molecule has 0 aliphatic carbocycles. The number of benzene rings is 1. The van der Waals surface area contributed by atoms with Gasteiger partial charge in [-0.3, -0.25) is 9.78 Å². The van der Waals surface area contributed by atoms with Gasteiger partial charge in [0.05, 0.1) is 12.1 Å². The van der Waals surface area contributed by atoms with Crippen molar-refractivity contribution in [3.8, 4) is 10.6 Å². The van der Waals surface area contributed by atoms with Crippen molar-refractivity contribution < 1.29 is 4.79 Å². The monoisotopic (exact) mass is 335 g/mol. The number of fused-ring (bicyclic) bond motifs is 1. The number of pyridine rings is 1. The molecule has 4 rings (SSSR count). The summed E-state index contributed by atoms with van der Waals surface area (Å²) >= 11 is 1.56. The van der Waals surface area contributed by atoms with E-state index in [9.17, 15) is 4.79 Å². The van der Waals surface area contributed by atoms with Crippen molar-refractivity contribution in [3.05, 3.63) is 71.0 Å². The molecular formula is C19H17N3OS. The molecule has 0 saturated heterocycles. The highest BCUT2D eigenvalue weighted by Crippen LogP contribution is 2.24. The third-order valence-electron chi connectivity index (χ3n) is 4.28. The second-order valence-electron chi connectivity index (χ2n) is 5.90. The van der Waals surface area contributed by atoms with Crippen molar-refractivity contribution in [3.63, 3.8) is 0 Å². The van der Waals surface area contributed by atoms with Crippen LogP contribution in [0.25, 0.3) is 10.6 Å². The summed E-state index contributed by atoms with van der Waals surface area (Å²) in [7, 11) is 0. The summed E-state index contributed by atoms with van der Waals surface area (Å²) in [6.45, 7) is 1.49. The van der Waals surface area contributed by atoms with Crippen molar-refractivity contribution in [2.75, 3.05) is 6.54 Å². The van der Waals surface area contributed by atoms with Gasteiger partial charge in [-0.2, -0.15) is 0 Å². The van der Waals surface area contributed by atoms with Gasteiger partial charge in [0.2, 0.25) is 5.91 Å². The predicted octanol–water partition coefficient (Wildman–Crippen LogP) is 3.33. The van der Waals surface area contributed by atoms with Crippen LogP contribution in [0.4, 0.5) is 0 Å². The maximum Gasteiger partial charge on any atom is 0.228 e. The van der Waals surface area contributed by atoms with E-state index in [1.165, 1.54) is 11.1 Å². The Balaban J connectivity index is 1.45. The highest BCUT2D eigenvalue weighted by Gasteiger charge is 2.21. The molecule has 24 heavy (non-hydrogen) atoms. The zero-order valence-electron chi connectivity index (χ0n) is 13.2. The molecular weight excluding hydrogens is 318 g/mol. The summed E-state index contributed by atoms with van der Waals surface area (Å²) in [4.78, 5) is 23.2. The standard InChI is InChI=1S/C19H17N3OS/c23-18(22-9-7-14-4-1-2-5-16(14)12-22)10-17-13-24-19(21-17)15-6-3-8-20-11-15/h1-6,8,11,13H,7,9-10,12H2. The van der Waals surface area contributed by atoms with Gasteiger partial charge in [0.25, 0.3) is 0 Å². The van der Waals surface area contributed by atoms with Crippen LogP contribution in [0.2, 0.25) is 0 Å². The number of thiazole rings is 1. The van der Waals surface area contributed by atoms with Crippen LogP contribution >= 0.6 is 11.3 Å². The molecule has 120 valence electrons. The molecule has 2 aromatic heterocycles. The van der Waals surface area contributed by atoms with E-state index in [0.29, 0.717) is 13.0 Å². The molecule has 5 heteroatoms. The van der Waals surface area contributed by atoms with Crippen LogP contribution in [-0.2, 0) is 24.2 Å². The second kappa shape index (κ2) is 6.53. The van der Waals surface area contributed by atoms with Crippen molar-refractivity contribution in [2.45, 2.75) is 19.4 Å². The van der Waals surface area contributed by atoms with E-state index in [4.69, 9.17) is 0 Å². The molecule has 3 aromatic rings. The van der Waals surface area contributed by atoms with Crippen molar-refractivity contribution in [1.29, 1.82) is 0 Å². The maximum absolute atomic E-state index is 12.6. The van der Waals surface area contributed by atoms with Crippen LogP contribution in [0.1, 0.15) is 16.8 Å². The first-order valence-electron chi connectivity index (χ1n) is 7.99. The summed E-state index contributed by atoms with van der Waals surface area (Å²) < 4.78 is 0. The van der Waals surface area contributed by atoms with Crippen molar-refractivity contribution >= 4 is 17.2 Å². The van der Waals surface area contributed by atoms with Crippen LogP contribution in [0.3, 0.4) is 0 Å². The Morgan fingerprint density at radius 1 is 1.17 bits per heavy atom. The molecule has 0 spiro atoms. The Kier molecular flexibility index (Phi) is 4.09. The summed E-state index contributed by atoms with van der Waals surface area (Å²) in [6, 6.07) is 12.2. The quantitative estimate of drug-likeness (QED) is 0.737. The Morgan fingerprint density at radius 3 is 2.88 bits per heavy atom. The van der Waals surface area contributed by atoms with E-state index < -0.39 is 0 Å². The van der Waals surface area contributed by atoms with Gasteiger partial charge in [0, 0.05) is 36.4 Å². The van der Waals surface area contributed by atoms with Gasteiger partial charge in [0.15, 0.2) is 0 Å². The molecule has 1 amide bonds. The van der Waals surface area contributed by atoms with Crippen molar-refractivity contribution in [2.24, 2.45) is 0 Å². The minimum absolute atomic E-state index is 0.146. The lowest BCUT2D eigenvalue weighted by molar-refractivity contribution is -0.131. The summed E-state index contributed by atoms with van der Waals surface area (Å²) in [6.07, 6.45) is 4.83. The highest BCUT2D eigenvalue weighted by atomic mass is 32.1. The maximum atomic E-state index is 12.6. The average molecular weight is 335 g/mol. The van der Waals surface area contributed by atoms with Crippen molar-refractivity contribution in [1.82, 2.24) is 14.9 Å². The largest absolute Gasteiger partial charge is 0.338 e. The highest BCUT2D eigenvalue weighted by molar-refractivity contribution is 7.13.